The van der Waals surface area contributed by atoms with Gasteiger partial charge in [-0.2, -0.15) is 0 Å². The minimum Gasteiger partial charge on any atom is -0.494 e. The van der Waals surface area contributed by atoms with Crippen molar-refractivity contribution in [3.8, 4) is 34.0 Å². The highest BCUT2D eigenvalue weighted by atomic mass is 16.5. The Bertz CT molecular complexity index is 2570. The maximum absolute atomic E-state index is 13.9. The van der Waals surface area contributed by atoms with Crippen molar-refractivity contribution in [2.75, 3.05) is 13.2 Å². The van der Waals surface area contributed by atoms with Crippen molar-refractivity contribution in [2.24, 2.45) is 11.8 Å². The number of Topliss-reactive ketones (excluding diaryl/α,β-unsaturated/α-hetero) is 2. The monoisotopic (exact) mass is 824 g/mol. The number of hydrogen-bond acceptors (Lipinski definition) is 6. The molecule has 0 N–H and O–H groups in total. The standard InChI is InChI=1S/C54H52N2O6/c1-33-27-43-47(45(57)29-33)49-51(55(43)23-21-35-13-7-5-8-14-35)41-31-37(17-19-39(41)53(49)59)61-25-11-3-4-12-26-62-38-18-20-40-42(32-38)52-50(54(40)60)48-44(28-34(2)30-46(48)58)56(52)24-22-36-15-9-6-10-16-36/h5-10,13-20,31-34H,3-4,11-12,21-30H2,1-2H3. The number of nitrogens with zero attached hydrogens (tertiary/aromatic N) is 2. The molecule has 0 aliphatic heterocycles. The molecular formula is C54H52N2O6. The van der Waals surface area contributed by atoms with Gasteiger partial charge in [0.25, 0.3) is 0 Å². The Morgan fingerprint density at radius 3 is 1.32 bits per heavy atom. The lowest BCUT2D eigenvalue weighted by Crippen LogP contribution is -2.21. The van der Waals surface area contributed by atoms with Gasteiger partial charge in [0.15, 0.2) is 23.1 Å². The molecule has 2 unspecified atom stereocenters. The van der Waals surface area contributed by atoms with Gasteiger partial charge >= 0.3 is 0 Å². The summed E-state index contributed by atoms with van der Waals surface area (Å²) in [5.74, 6) is 1.97. The maximum Gasteiger partial charge on any atom is 0.196 e. The number of carbonyl (C=O) groups is 4. The van der Waals surface area contributed by atoms with Crippen molar-refractivity contribution in [1.82, 2.24) is 9.13 Å². The normalized spacial score (nSPS) is 17.1. The quantitative estimate of drug-likeness (QED) is 0.0955. The van der Waals surface area contributed by atoms with E-state index in [0.29, 0.717) is 72.5 Å². The molecule has 0 bridgehead atoms. The van der Waals surface area contributed by atoms with Gasteiger partial charge in [-0.3, -0.25) is 19.2 Å². The molecule has 8 nitrogen and oxygen atoms in total. The molecule has 314 valence electrons. The first-order chi connectivity index (χ1) is 30.2. The second-order valence-electron chi connectivity index (χ2n) is 17.9. The van der Waals surface area contributed by atoms with Crippen molar-refractivity contribution in [1.29, 1.82) is 0 Å². The van der Waals surface area contributed by atoms with Crippen LogP contribution in [0, 0.1) is 11.8 Å². The van der Waals surface area contributed by atoms with Crippen molar-refractivity contribution >= 4 is 23.1 Å². The maximum atomic E-state index is 13.9. The van der Waals surface area contributed by atoms with Crippen LogP contribution in [0.4, 0.5) is 0 Å². The number of fused-ring (bicyclic) bond motifs is 10. The van der Waals surface area contributed by atoms with E-state index in [0.717, 1.165) is 96.8 Å². The lowest BCUT2D eigenvalue weighted by atomic mass is 9.86. The van der Waals surface area contributed by atoms with Gasteiger partial charge < -0.3 is 18.6 Å². The first-order valence-corrected chi connectivity index (χ1v) is 22.5. The van der Waals surface area contributed by atoms with E-state index in [9.17, 15) is 19.2 Å². The summed E-state index contributed by atoms with van der Waals surface area (Å²) in [6.07, 6.45) is 7.84. The summed E-state index contributed by atoms with van der Waals surface area (Å²) in [5, 5.41) is 0. The summed E-state index contributed by atoms with van der Waals surface area (Å²) in [4.78, 5) is 54.6. The molecular weight excluding hydrogens is 773 g/mol. The minimum absolute atomic E-state index is 0.0576. The van der Waals surface area contributed by atoms with Gasteiger partial charge in [0.2, 0.25) is 0 Å². The van der Waals surface area contributed by atoms with E-state index in [2.05, 4.69) is 47.2 Å². The Morgan fingerprint density at radius 2 is 0.903 bits per heavy atom. The number of ether oxygens (including phenoxy) is 2. The Kier molecular flexibility index (Phi) is 10.6. The van der Waals surface area contributed by atoms with Gasteiger partial charge in [-0.05, 0) is 111 Å². The topological polar surface area (TPSA) is 96.6 Å². The highest BCUT2D eigenvalue weighted by molar-refractivity contribution is 6.27. The van der Waals surface area contributed by atoms with Crippen LogP contribution < -0.4 is 9.47 Å². The third-order valence-corrected chi connectivity index (χ3v) is 13.4. The zero-order valence-electron chi connectivity index (χ0n) is 35.6. The van der Waals surface area contributed by atoms with E-state index < -0.39 is 0 Å². The van der Waals surface area contributed by atoms with Crippen LogP contribution >= 0.6 is 0 Å². The number of aryl methyl sites for hydroxylation is 2. The predicted octanol–water partition coefficient (Wildman–Crippen LogP) is 10.7. The van der Waals surface area contributed by atoms with Crippen molar-refractivity contribution in [2.45, 2.75) is 91.1 Å². The van der Waals surface area contributed by atoms with Crippen LogP contribution in [0.5, 0.6) is 11.5 Å². The number of hydrogen-bond donors (Lipinski definition) is 0. The highest BCUT2D eigenvalue weighted by Gasteiger charge is 2.42. The van der Waals surface area contributed by atoms with Gasteiger partial charge in [0.05, 0.1) is 46.9 Å². The average molecular weight is 825 g/mol. The van der Waals surface area contributed by atoms with Crippen LogP contribution in [0.15, 0.2) is 97.1 Å². The molecule has 2 heterocycles. The van der Waals surface area contributed by atoms with E-state index in [1.165, 1.54) is 11.1 Å². The number of aromatic nitrogens is 2. The van der Waals surface area contributed by atoms with Crippen LogP contribution in [0.25, 0.3) is 22.5 Å². The summed E-state index contributed by atoms with van der Waals surface area (Å²) >= 11 is 0. The third kappa shape index (κ3) is 7.13. The molecule has 0 fully saturated rings. The van der Waals surface area contributed by atoms with Crippen molar-refractivity contribution < 1.29 is 28.7 Å². The Balaban J connectivity index is 0.767. The van der Waals surface area contributed by atoms with Gasteiger partial charge in [-0.25, -0.2) is 0 Å². The molecule has 0 radical (unpaired) electrons. The van der Waals surface area contributed by atoms with Crippen LogP contribution in [0.2, 0.25) is 0 Å². The summed E-state index contributed by atoms with van der Waals surface area (Å²) < 4.78 is 17.0. The van der Waals surface area contributed by atoms with E-state index >= 15 is 0 Å². The van der Waals surface area contributed by atoms with Crippen LogP contribution in [-0.2, 0) is 38.8 Å². The molecule has 0 saturated carbocycles. The molecule has 6 aromatic rings. The Labute approximate surface area is 362 Å². The molecule has 10 rings (SSSR count). The van der Waals surface area contributed by atoms with Crippen molar-refractivity contribution in [3.63, 3.8) is 0 Å². The first-order valence-electron chi connectivity index (χ1n) is 22.5. The molecule has 4 aliphatic rings. The molecule has 0 saturated heterocycles. The molecule has 0 spiro atoms. The lowest BCUT2D eigenvalue weighted by Gasteiger charge is -2.22. The van der Waals surface area contributed by atoms with E-state index in [4.69, 9.17) is 9.47 Å². The fourth-order valence-electron chi connectivity index (χ4n) is 10.5. The summed E-state index contributed by atoms with van der Waals surface area (Å²) in [7, 11) is 0. The second kappa shape index (κ2) is 16.5. The zero-order chi connectivity index (χ0) is 42.5. The molecule has 2 atom stereocenters. The number of ketones is 4. The molecule has 8 heteroatoms. The Morgan fingerprint density at radius 1 is 0.484 bits per heavy atom. The molecule has 4 aromatic carbocycles. The average Bonchev–Trinajstić information content (AvgIpc) is 3.95. The lowest BCUT2D eigenvalue weighted by molar-refractivity contribution is 0.0937. The summed E-state index contributed by atoms with van der Waals surface area (Å²) in [6, 6.07) is 32.2. The predicted molar refractivity (Wildman–Crippen MR) is 240 cm³/mol. The highest BCUT2D eigenvalue weighted by Crippen LogP contribution is 2.47. The number of benzene rings is 4. The summed E-state index contributed by atoms with van der Waals surface area (Å²) in [6.45, 7) is 6.74. The third-order valence-electron chi connectivity index (χ3n) is 13.4. The van der Waals surface area contributed by atoms with Crippen LogP contribution in [0.3, 0.4) is 0 Å². The summed E-state index contributed by atoms with van der Waals surface area (Å²) in [5.41, 5.74) is 11.6. The molecule has 0 amide bonds. The van der Waals surface area contributed by atoms with Crippen LogP contribution in [-0.4, -0.2) is 45.5 Å². The Hall–Kier alpha value is -6.28. The van der Waals surface area contributed by atoms with E-state index in [-0.39, 0.29) is 35.0 Å². The smallest absolute Gasteiger partial charge is 0.196 e. The molecule has 2 aromatic heterocycles. The number of unbranched alkanes of at least 4 members (excludes halogenated alkanes) is 3. The van der Waals surface area contributed by atoms with Gasteiger partial charge in [-0.15, -0.1) is 0 Å². The second-order valence-corrected chi connectivity index (χ2v) is 17.9. The fraction of sp³-hybridized carbons (Fsp3) is 0.333. The zero-order valence-corrected chi connectivity index (χ0v) is 35.6. The van der Waals surface area contributed by atoms with Gasteiger partial charge in [-0.1, -0.05) is 74.5 Å². The van der Waals surface area contributed by atoms with Gasteiger partial charge in [0.1, 0.15) is 11.5 Å². The molecule has 4 aliphatic carbocycles. The number of rotatable bonds is 15. The van der Waals surface area contributed by atoms with Crippen LogP contribution in [0.1, 0.15) is 127 Å². The van der Waals surface area contributed by atoms with E-state index in [1.807, 2.05) is 72.8 Å². The largest absolute Gasteiger partial charge is 0.494 e. The van der Waals surface area contributed by atoms with Crippen molar-refractivity contribution in [3.05, 3.63) is 153 Å². The molecule has 62 heavy (non-hydrogen) atoms. The fourth-order valence-corrected chi connectivity index (χ4v) is 10.5. The SMILES string of the molecule is CC1CC(=O)c2c3c(n(CCc4ccccc4)c2C1)-c1cc(OCCCCCCOc2ccc4c(c2)-c2c(c5c(n2CCc2ccccc2)CC(C)CC5=O)C4=O)ccc1C3=O. The minimum atomic E-state index is -0.0576. The van der Waals surface area contributed by atoms with E-state index in [1.54, 1.807) is 0 Å². The first kappa shape index (κ1) is 39.8. The van der Waals surface area contributed by atoms with Gasteiger partial charge in [0, 0.05) is 59.6 Å². The number of carbonyl (C=O) groups excluding carboxylic acids is 4.